The summed E-state index contributed by atoms with van der Waals surface area (Å²) in [5.41, 5.74) is 1.85. The molecule has 1 heterocycles. The summed E-state index contributed by atoms with van der Waals surface area (Å²) < 4.78 is 0. The molecule has 222 valence electrons. The van der Waals surface area contributed by atoms with Gasteiger partial charge in [-0.05, 0) is 42.4 Å². The fourth-order valence-corrected chi connectivity index (χ4v) is 4.67. The highest BCUT2D eigenvalue weighted by molar-refractivity contribution is 7.80. The summed E-state index contributed by atoms with van der Waals surface area (Å²) in [6, 6.07) is 4.17. The van der Waals surface area contributed by atoms with Crippen molar-refractivity contribution in [2.45, 2.75) is 13.0 Å². The predicted molar refractivity (Wildman–Crippen MR) is 151 cm³/mol. The molecule has 6 N–H and O–H groups in total. The number of nitrogens with zero attached hydrogens (tertiary/aromatic N) is 4. The van der Waals surface area contributed by atoms with E-state index in [1.807, 2.05) is 0 Å². The van der Waals surface area contributed by atoms with Crippen molar-refractivity contribution in [3.05, 3.63) is 29.3 Å². The molecule has 1 fully saturated rings. The molecule has 1 aliphatic heterocycles. The molecular weight excluding hydrogens is 544 g/mol. The van der Waals surface area contributed by atoms with Crippen molar-refractivity contribution < 1.29 is 39.6 Å². The van der Waals surface area contributed by atoms with Crippen molar-refractivity contribution in [2.75, 3.05) is 84.4 Å². The van der Waals surface area contributed by atoms with Gasteiger partial charge in [0.05, 0.1) is 19.6 Å². The molecule has 0 spiro atoms. The molecule has 1 aromatic rings. The second-order valence-electron chi connectivity index (χ2n) is 9.56. The molecule has 15 heteroatoms. The van der Waals surface area contributed by atoms with Crippen molar-refractivity contribution in [2.24, 2.45) is 0 Å². The number of thiocarbonyl (C=S) groups is 1. The number of carbonyl (C=O) groups is 4. The number of hydrogen-bond donors (Lipinski definition) is 6. The van der Waals surface area contributed by atoms with Gasteiger partial charge in [-0.15, -0.1) is 0 Å². The quantitative estimate of drug-likeness (QED) is 0.194. The number of carboxylic acid groups (broad SMARTS) is 4. The zero-order valence-corrected chi connectivity index (χ0v) is 23.5. The van der Waals surface area contributed by atoms with Gasteiger partial charge in [-0.1, -0.05) is 6.07 Å². The van der Waals surface area contributed by atoms with Crippen molar-refractivity contribution >= 4 is 46.9 Å². The Morgan fingerprint density at radius 2 is 1.23 bits per heavy atom. The average molecular weight is 583 g/mol. The van der Waals surface area contributed by atoms with E-state index >= 15 is 0 Å². The first-order valence-electron chi connectivity index (χ1n) is 12.8. The molecule has 1 atom stereocenters. The van der Waals surface area contributed by atoms with Crippen LogP contribution in [0.4, 0.5) is 5.69 Å². The molecule has 0 radical (unpaired) electrons. The monoisotopic (exact) mass is 582 g/mol. The molecular formula is C25H38N6O8S. The summed E-state index contributed by atoms with van der Waals surface area (Å²) in [6.07, 6.45) is 0. The van der Waals surface area contributed by atoms with E-state index in [2.05, 4.69) is 10.6 Å². The Labute approximate surface area is 238 Å². The zero-order chi connectivity index (χ0) is 29.8. The number of aliphatic carboxylic acids is 4. The SMILES string of the molecule is CNC(=S)Nc1ccc(C)c(C(C(=O)O)N2CCN(CC(=O)O)CCN(CC(=O)O)CCN(CC(=O)O)CC2)c1. The van der Waals surface area contributed by atoms with Gasteiger partial charge in [0.25, 0.3) is 0 Å². The first-order valence-corrected chi connectivity index (χ1v) is 13.2. The highest BCUT2D eigenvalue weighted by Gasteiger charge is 2.30. The molecule has 2 rings (SSSR count). The average Bonchev–Trinajstić information content (AvgIpc) is 2.86. The third-order valence-corrected chi connectivity index (χ3v) is 6.91. The lowest BCUT2D eigenvalue weighted by molar-refractivity contribution is -0.145. The molecule has 40 heavy (non-hydrogen) atoms. The summed E-state index contributed by atoms with van der Waals surface area (Å²) in [4.78, 5) is 53.8. The first-order chi connectivity index (χ1) is 18.9. The summed E-state index contributed by atoms with van der Waals surface area (Å²) in [6.45, 7) is 2.69. The Kier molecular flexibility index (Phi) is 13.2. The van der Waals surface area contributed by atoms with Gasteiger partial charge in [-0.3, -0.25) is 38.8 Å². The van der Waals surface area contributed by atoms with Gasteiger partial charge in [0, 0.05) is 65.1 Å². The minimum absolute atomic E-state index is 0.177. The normalized spacial score (nSPS) is 17.6. The van der Waals surface area contributed by atoms with Crippen LogP contribution in [-0.4, -0.2) is 148 Å². The van der Waals surface area contributed by atoms with E-state index in [4.69, 9.17) is 12.2 Å². The van der Waals surface area contributed by atoms with Crippen LogP contribution in [-0.2, 0) is 19.2 Å². The fraction of sp³-hybridized carbons (Fsp3) is 0.560. The fourth-order valence-electron chi connectivity index (χ4n) is 4.55. The maximum absolute atomic E-state index is 12.7. The van der Waals surface area contributed by atoms with Gasteiger partial charge < -0.3 is 31.1 Å². The number of carboxylic acids is 4. The molecule has 0 amide bonds. The number of aryl methyl sites for hydroxylation is 1. The van der Waals surface area contributed by atoms with Crippen molar-refractivity contribution in [3.63, 3.8) is 0 Å². The molecule has 0 aliphatic carbocycles. The Balaban J connectivity index is 2.44. The standard InChI is InChI=1S/C25H38N6O8S/c1-17-3-4-18(27-25(40)26-2)13-19(17)23(24(38)39)31-11-9-29(15-21(34)35)7-5-28(14-20(32)33)6-8-30(10-12-31)16-22(36)37/h3-4,13,23H,5-12,14-16H2,1-2H3,(H,32,33)(H,34,35)(H,36,37)(H,38,39)(H2,26,27,40). The maximum Gasteiger partial charge on any atom is 0.325 e. The third kappa shape index (κ3) is 11.0. The van der Waals surface area contributed by atoms with E-state index in [9.17, 15) is 39.6 Å². The number of nitrogens with one attached hydrogen (secondary N) is 2. The van der Waals surface area contributed by atoms with Gasteiger partial charge in [0.15, 0.2) is 5.11 Å². The molecule has 0 bridgehead atoms. The third-order valence-electron chi connectivity index (χ3n) is 6.61. The Hall–Kier alpha value is -3.37. The van der Waals surface area contributed by atoms with Crippen LogP contribution in [0.2, 0.25) is 0 Å². The second-order valence-corrected chi connectivity index (χ2v) is 9.97. The highest BCUT2D eigenvalue weighted by atomic mass is 32.1. The van der Waals surface area contributed by atoms with Crippen LogP contribution in [0.3, 0.4) is 0 Å². The smallest absolute Gasteiger partial charge is 0.325 e. The van der Waals surface area contributed by atoms with Crippen molar-refractivity contribution in [1.82, 2.24) is 24.9 Å². The van der Waals surface area contributed by atoms with Crippen LogP contribution in [0.25, 0.3) is 0 Å². The summed E-state index contributed by atoms with van der Waals surface area (Å²) in [7, 11) is 1.66. The summed E-state index contributed by atoms with van der Waals surface area (Å²) >= 11 is 5.17. The lowest BCUT2D eigenvalue weighted by Crippen LogP contribution is -2.49. The van der Waals surface area contributed by atoms with Crippen molar-refractivity contribution in [3.8, 4) is 0 Å². The zero-order valence-electron chi connectivity index (χ0n) is 22.7. The largest absolute Gasteiger partial charge is 0.480 e. The van der Waals surface area contributed by atoms with Crippen LogP contribution < -0.4 is 10.6 Å². The minimum atomic E-state index is -1.11. The van der Waals surface area contributed by atoms with Crippen LogP contribution >= 0.6 is 12.2 Å². The van der Waals surface area contributed by atoms with E-state index in [-0.39, 0.29) is 72.0 Å². The molecule has 14 nitrogen and oxygen atoms in total. The van der Waals surface area contributed by atoms with Crippen LogP contribution in [0.15, 0.2) is 18.2 Å². The predicted octanol–water partition coefficient (Wildman–Crippen LogP) is -0.488. The van der Waals surface area contributed by atoms with Crippen molar-refractivity contribution in [1.29, 1.82) is 0 Å². The van der Waals surface area contributed by atoms with Gasteiger partial charge in [-0.2, -0.15) is 0 Å². The molecule has 1 saturated heterocycles. The van der Waals surface area contributed by atoms with Gasteiger partial charge >= 0.3 is 23.9 Å². The van der Waals surface area contributed by atoms with Crippen LogP contribution in [0.1, 0.15) is 17.2 Å². The lowest BCUT2D eigenvalue weighted by atomic mass is 9.98. The Bertz CT molecular complexity index is 1040. The van der Waals surface area contributed by atoms with E-state index in [1.54, 1.807) is 51.8 Å². The Morgan fingerprint density at radius 1 is 0.800 bits per heavy atom. The van der Waals surface area contributed by atoms with Gasteiger partial charge in [0.2, 0.25) is 0 Å². The number of benzene rings is 1. The van der Waals surface area contributed by atoms with E-state index < -0.39 is 29.9 Å². The highest BCUT2D eigenvalue weighted by Crippen LogP contribution is 2.27. The first kappa shape index (κ1) is 32.8. The van der Waals surface area contributed by atoms with E-state index in [0.717, 1.165) is 5.56 Å². The van der Waals surface area contributed by atoms with Gasteiger partial charge in [0.1, 0.15) is 6.04 Å². The van der Waals surface area contributed by atoms with Crippen LogP contribution in [0.5, 0.6) is 0 Å². The molecule has 1 aromatic carbocycles. The molecule has 0 saturated carbocycles. The minimum Gasteiger partial charge on any atom is -0.480 e. The van der Waals surface area contributed by atoms with E-state index in [1.165, 1.54) is 0 Å². The summed E-state index contributed by atoms with van der Waals surface area (Å²) in [5, 5.41) is 44.7. The van der Waals surface area contributed by atoms with E-state index in [0.29, 0.717) is 16.4 Å². The van der Waals surface area contributed by atoms with Gasteiger partial charge in [-0.25, -0.2) is 0 Å². The number of hydrogen-bond acceptors (Lipinski definition) is 9. The maximum atomic E-state index is 12.7. The lowest BCUT2D eigenvalue weighted by Gasteiger charge is -2.36. The molecule has 1 aliphatic rings. The molecule has 0 aromatic heterocycles. The topological polar surface area (TPSA) is 186 Å². The second kappa shape index (κ2) is 16.0. The van der Waals surface area contributed by atoms with Crippen LogP contribution in [0, 0.1) is 6.92 Å². The molecule has 1 unspecified atom stereocenters. The Morgan fingerprint density at radius 3 is 1.60 bits per heavy atom. The summed E-state index contributed by atoms with van der Waals surface area (Å²) in [5.74, 6) is -4.26. The number of anilines is 1. The number of rotatable bonds is 10.